The maximum Gasteiger partial charge on any atom is 0.410 e. The molecule has 150 valence electrons. The Bertz CT molecular complexity index is 885. The van der Waals surface area contributed by atoms with Crippen molar-refractivity contribution in [3.8, 4) is 0 Å². The zero-order valence-corrected chi connectivity index (χ0v) is 16.6. The molecule has 1 aliphatic heterocycles. The number of amides is 2. The molecule has 7 nitrogen and oxygen atoms in total. The third kappa shape index (κ3) is 3.57. The molecule has 2 aromatic rings. The topological polar surface area (TPSA) is 84.7 Å². The number of aromatic nitrogens is 1. The highest BCUT2D eigenvalue weighted by Gasteiger charge is 2.47. The number of para-hydroxylation sites is 1. The molecule has 2 heterocycles. The van der Waals surface area contributed by atoms with Gasteiger partial charge < -0.3 is 19.5 Å². The predicted octanol–water partition coefficient (Wildman–Crippen LogP) is 3.74. The van der Waals surface area contributed by atoms with Crippen molar-refractivity contribution in [3.05, 3.63) is 30.0 Å². The normalized spacial score (nSPS) is 24.4. The van der Waals surface area contributed by atoms with Gasteiger partial charge in [-0.05, 0) is 58.1 Å². The van der Waals surface area contributed by atoms with Gasteiger partial charge in [0, 0.05) is 12.6 Å². The summed E-state index contributed by atoms with van der Waals surface area (Å²) in [6, 6.07) is 7.43. The largest absolute Gasteiger partial charge is 0.444 e. The first-order valence-electron chi connectivity index (χ1n) is 9.97. The van der Waals surface area contributed by atoms with E-state index in [1.807, 2.05) is 43.9 Å². The lowest BCUT2D eigenvalue weighted by molar-refractivity contribution is 0.0138. The van der Waals surface area contributed by atoms with Crippen molar-refractivity contribution in [1.82, 2.24) is 15.4 Å². The van der Waals surface area contributed by atoms with Gasteiger partial charge in [-0.3, -0.25) is 4.79 Å². The van der Waals surface area contributed by atoms with E-state index in [2.05, 4.69) is 10.5 Å². The minimum Gasteiger partial charge on any atom is -0.444 e. The Labute approximate surface area is 164 Å². The molecule has 1 aliphatic carbocycles. The van der Waals surface area contributed by atoms with E-state index in [0.717, 1.165) is 25.7 Å². The van der Waals surface area contributed by atoms with E-state index in [-0.39, 0.29) is 29.8 Å². The Morgan fingerprint density at radius 1 is 1.29 bits per heavy atom. The smallest absolute Gasteiger partial charge is 0.410 e. The summed E-state index contributed by atoms with van der Waals surface area (Å²) in [7, 11) is 0. The molecular formula is C21H27N3O4. The van der Waals surface area contributed by atoms with E-state index in [1.165, 1.54) is 0 Å². The number of benzene rings is 1. The SMILES string of the molecule is CC(C)(C)OC(=O)N1[C@H](CNC(=O)c2noc3ccccc23)C[C@@H]2CCC[C@@H]21. The molecule has 1 N–H and O–H groups in total. The molecule has 2 aliphatic rings. The molecule has 1 aromatic carbocycles. The molecule has 28 heavy (non-hydrogen) atoms. The third-order valence-corrected chi connectivity index (χ3v) is 5.64. The van der Waals surface area contributed by atoms with Crippen molar-refractivity contribution in [2.75, 3.05) is 6.54 Å². The average Bonchev–Trinajstić information content (AvgIpc) is 3.31. The number of rotatable bonds is 3. The second-order valence-electron chi connectivity index (χ2n) is 8.77. The quantitative estimate of drug-likeness (QED) is 0.870. The van der Waals surface area contributed by atoms with Gasteiger partial charge >= 0.3 is 6.09 Å². The van der Waals surface area contributed by atoms with Crippen LogP contribution in [0.1, 0.15) is 56.9 Å². The first kappa shape index (κ1) is 18.8. The monoisotopic (exact) mass is 385 g/mol. The van der Waals surface area contributed by atoms with Crippen LogP contribution >= 0.6 is 0 Å². The number of hydrogen-bond acceptors (Lipinski definition) is 5. The van der Waals surface area contributed by atoms with Gasteiger partial charge in [-0.1, -0.05) is 23.7 Å². The lowest BCUT2D eigenvalue weighted by atomic mass is 10.0. The maximum absolute atomic E-state index is 12.8. The molecule has 3 atom stereocenters. The van der Waals surface area contributed by atoms with Crippen molar-refractivity contribution >= 4 is 23.0 Å². The molecule has 2 fully saturated rings. The maximum atomic E-state index is 12.8. The zero-order valence-electron chi connectivity index (χ0n) is 16.6. The molecule has 0 radical (unpaired) electrons. The Morgan fingerprint density at radius 2 is 2.07 bits per heavy atom. The Kier molecular flexibility index (Phi) is 4.77. The van der Waals surface area contributed by atoms with Gasteiger partial charge in [0.25, 0.3) is 5.91 Å². The molecule has 4 rings (SSSR count). The van der Waals surface area contributed by atoms with Crippen LogP contribution in [0.5, 0.6) is 0 Å². The van der Waals surface area contributed by atoms with Crippen LogP contribution in [0.2, 0.25) is 0 Å². The number of hydrogen-bond donors (Lipinski definition) is 1. The number of carbonyl (C=O) groups excluding carboxylic acids is 2. The lowest BCUT2D eigenvalue weighted by Crippen LogP contribution is -2.48. The highest BCUT2D eigenvalue weighted by atomic mass is 16.6. The summed E-state index contributed by atoms with van der Waals surface area (Å²) in [5.41, 5.74) is 0.317. The van der Waals surface area contributed by atoms with E-state index < -0.39 is 5.60 Å². The van der Waals surface area contributed by atoms with Crippen molar-refractivity contribution in [2.24, 2.45) is 5.92 Å². The Hall–Kier alpha value is -2.57. The summed E-state index contributed by atoms with van der Waals surface area (Å²) in [5, 5.41) is 7.54. The number of nitrogens with zero attached hydrogens (tertiary/aromatic N) is 2. The fourth-order valence-corrected chi connectivity index (χ4v) is 4.52. The average molecular weight is 385 g/mol. The lowest BCUT2D eigenvalue weighted by Gasteiger charge is -2.32. The van der Waals surface area contributed by atoms with E-state index in [9.17, 15) is 9.59 Å². The van der Waals surface area contributed by atoms with Gasteiger partial charge in [-0.15, -0.1) is 0 Å². The van der Waals surface area contributed by atoms with Gasteiger partial charge in [0.1, 0.15) is 5.60 Å². The molecule has 0 spiro atoms. The van der Waals surface area contributed by atoms with E-state index in [1.54, 1.807) is 6.07 Å². The van der Waals surface area contributed by atoms with Crippen LogP contribution < -0.4 is 5.32 Å². The highest BCUT2D eigenvalue weighted by molar-refractivity contribution is 6.03. The van der Waals surface area contributed by atoms with E-state index in [0.29, 0.717) is 23.4 Å². The van der Waals surface area contributed by atoms with E-state index >= 15 is 0 Å². The van der Waals surface area contributed by atoms with Crippen molar-refractivity contribution in [3.63, 3.8) is 0 Å². The summed E-state index contributed by atoms with van der Waals surface area (Å²) < 4.78 is 10.9. The number of carbonyl (C=O) groups is 2. The molecule has 2 amide bonds. The molecule has 1 saturated heterocycles. The van der Waals surface area contributed by atoms with Gasteiger partial charge in [0.15, 0.2) is 11.3 Å². The van der Waals surface area contributed by atoms with Crippen LogP contribution in [0.25, 0.3) is 11.0 Å². The summed E-state index contributed by atoms with van der Waals surface area (Å²) in [4.78, 5) is 27.4. The summed E-state index contributed by atoms with van der Waals surface area (Å²) in [6.45, 7) is 6.00. The standard InChI is InChI=1S/C21H27N3O4/c1-21(2,3)27-20(26)24-14(11-13-7-6-9-16(13)24)12-22-19(25)18-15-8-4-5-10-17(15)28-23-18/h4-5,8,10,13-14,16H,6-7,9,11-12H2,1-3H3,(H,22,25)/t13-,14-,16-/m0/s1. The van der Waals surface area contributed by atoms with Crippen LogP contribution in [-0.2, 0) is 4.74 Å². The van der Waals surface area contributed by atoms with Gasteiger partial charge in [-0.25, -0.2) is 4.79 Å². The molecular weight excluding hydrogens is 358 g/mol. The number of nitrogens with one attached hydrogen (secondary N) is 1. The molecule has 1 aromatic heterocycles. The minimum atomic E-state index is -0.540. The van der Waals surface area contributed by atoms with Gasteiger partial charge in [0.2, 0.25) is 0 Å². The van der Waals surface area contributed by atoms with Crippen molar-refractivity contribution in [2.45, 2.75) is 64.1 Å². The van der Waals surface area contributed by atoms with Crippen LogP contribution in [0.15, 0.2) is 28.8 Å². The minimum absolute atomic E-state index is 0.0627. The molecule has 1 saturated carbocycles. The summed E-state index contributed by atoms with van der Waals surface area (Å²) >= 11 is 0. The molecule has 7 heteroatoms. The summed E-state index contributed by atoms with van der Waals surface area (Å²) in [5.74, 6) is 0.202. The van der Waals surface area contributed by atoms with E-state index in [4.69, 9.17) is 9.26 Å². The second-order valence-corrected chi connectivity index (χ2v) is 8.77. The van der Waals surface area contributed by atoms with Crippen LogP contribution in [0.3, 0.4) is 0 Å². The molecule has 0 unspecified atom stereocenters. The highest BCUT2D eigenvalue weighted by Crippen LogP contribution is 2.41. The van der Waals surface area contributed by atoms with Gasteiger partial charge in [-0.2, -0.15) is 0 Å². The Morgan fingerprint density at radius 3 is 2.86 bits per heavy atom. The zero-order chi connectivity index (χ0) is 19.9. The first-order valence-corrected chi connectivity index (χ1v) is 9.97. The predicted molar refractivity (Wildman–Crippen MR) is 104 cm³/mol. The number of likely N-dealkylation sites (tertiary alicyclic amines) is 1. The number of ether oxygens (including phenoxy) is 1. The first-order chi connectivity index (χ1) is 13.3. The van der Waals surface area contributed by atoms with Gasteiger partial charge in [0.05, 0.1) is 11.4 Å². The third-order valence-electron chi connectivity index (χ3n) is 5.64. The van der Waals surface area contributed by atoms with Crippen LogP contribution in [0.4, 0.5) is 4.79 Å². The van der Waals surface area contributed by atoms with Crippen LogP contribution in [-0.4, -0.2) is 46.3 Å². The molecule has 0 bridgehead atoms. The van der Waals surface area contributed by atoms with Crippen molar-refractivity contribution < 1.29 is 18.8 Å². The number of fused-ring (bicyclic) bond motifs is 2. The fraction of sp³-hybridized carbons (Fsp3) is 0.571. The Balaban J connectivity index is 1.46. The summed E-state index contributed by atoms with van der Waals surface area (Å²) in [6.07, 6.45) is 3.88. The van der Waals surface area contributed by atoms with Crippen molar-refractivity contribution in [1.29, 1.82) is 0 Å². The fourth-order valence-electron chi connectivity index (χ4n) is 4.52. The van der Waals surface area contributed by atoms with Crippen LogP contribution in [0, 0.1) is 5.92 Å². The second kappa shape index (κ2) is 7.11.